The van der Waals surface area contributed by atoms with E-state index in [-0.39, 0.29) is 0 Å². The van der Waals surface area contributed by atoms with Gasteiger partial charge >= 0.3 is 0 Å². The van der Waals surface area contributed by atoms with Crippen molar-refractivity contribution in [1.82, 2.24) is 9.97 Å². The first-order valence-corrected chi connectivity index (χ1v) is 21.3. The number of rotatable bonds is 6. The lowest BCUT2D eigenvalue weighted by Gasteiger charge is -2.33. The summed E-state index contributed by atoms with van der Waals surface area (Å²) in [5.41, 5.74) is 14.3. The first-order chi connectivity index (χ1) is 29.7. The highest BCUT2D eigenvalue weighted by Crippen LogP contribution is 2.58. The Morgan fingerprint density at radius 1 is 0.350 bits per heavy atom. The molecule has 0 bridgehead atoms. The van der Waals surface area contributed by atoms with Gasteiger partial charge in [0.25, 0.3) is 0 Å². The number of fused-ring (bicyclic) bond motifs is 7. The molecule has 1 aliphatic carbocycles. The molecule has 9 aromatic carbocycles. The lowest BCUT2D eigenvalue weighted by Crippen LogP contribution is -2.28. The van der Waals surface area contributed by atoms with Crippen molar-refractivity contribution >= 4 is 42.3 Å². The van der Waals surface area contributed by atoms with Crippen molar-refractivity contribution in [2.75, 3.05) is 0 Å². The highest BCUT2D eigenvalue weighted by Gasteiger charge is 2.46. The highest BCUT2D eigenvalue weighted by molar-refractivity contribution is 7.25. The molecule has 0 fully saturated rings. The molecule has 2 aromatic heterocycles. The smallest absolute Gasteiger partial charge is 0.161 e. The molecule has 0 atom stereocenters. The van der Waals surface area contributed by atoms with Gasteiger partial charge in [0.15, 0.2) is 5.82 Å². The predicted molar refractivity (Wildman–Crippen MR) is 251 cm³/mol. The molecule has 0 radical (unpaired) electrons. The number of thiophene rings is 1. The van der Waals surface area contributed by atoms with Crippen LogP contribution < -0.4 is 0 Å². The van der Waals surface area contributed by atoms with E-state index in [4.69, 9.17) is 9.97 Å². The topological polar surface area (TPSA) is 25.8 Å². The molecule has 1 aliphatic rings. The Hall–Kier alpha value is -7.46. The maximum Gasteiger partial charge on any atom is 0.161 e. The van der Waals surface area contributed by atoms with Gasteiger partial charge in [0.1, 0.15) is 0 Å². The lowest BCUT2D eigenvalue weighted by atomic mass is 9.67. The van der Waals surface area contributed by atoms with Gasteiger partial charge in [0.2, 0.25) is 0 Å². The van der Waals surface area contributed by atoms with E-state index in [0.717, 1.165) is 38.9 Å². The first kappa shape index (κ1) is 34.6. The molecule has 280 valence electrons. The molecule has 0 spiro atoms. The van der Waals surface area contributed by atoms with Crippen molar-refractivity contribution in [3.8, 4) is 56.2 Å². The Morgan fingerprint density at radius 2 is 0.917 bits per heavy atom. The van der Waals surface area contributed by atoms with Crippen molar-refractivity contribution in [1.29, 1.82) is 0 Å². The maximum absolute atomic E-state index is 5.50. The van der Waals surface area contributed by atoms with Crippen molar-refractivity contribution in [2.24, 2.45) is 0 Å². The maximum atomic E-state index is 5.50. The summed E-state index contributed by atoms with van der Waals surface area (Å²) in [4.78, 5) is 10.9. The van der Waals surface area contributed by atoms with Gasteiger partial charge in [-0.3, -0.25) is 0 Å². The van der Waals surface area contributed by atoms with E-state index in [1.165, 1.54) is 64.7 Å². The summed E-state index contributed by atoms with van der Waals surface area (Å²) in [6.45, 7) is 0. The van der Waals surface area contributed by atoms with Crippen molar-refractivity contribution < 1.29 is 0 Å². The van der Waals surface area contributed by atoms with Crippen LogP contribution in [-0.4, -0.2) is 9.97 Å². The molecule has 0 amide bonds. The van der Waals surface area contributed by atoms with Crippen LogP contribution >= 0.6 is 11.3 Å². The fraction of sp³-hybridized carbons (Fsp3) is 0.0175. The molecule has 0 aliphatic heterocycles. The standard InChI is InChI=1S/C57H36N2S/c1-3-17-41(18-4-1)57(42-19-5-2-6-20-42)49-26-11-9-23-47(49)55-48(25-14-27-50(55)57)52-36-51(58-56(59-52)46-24-13-16-38-15-7-8-21-43(38)46)39-31-29-37(30-32-39)40-33-34-45-44-22-10-12-28-53(44)60-54(45)35-40/h1-36H. The van der Waals surface area contributed by atoms with Crippen LogP contribution in [0.25, 0.3) is 87.1 Å². The summed E-state index contributed by atoms with van der Waals surface area (Å²) in [5.74, 6) is 0.708. The second-order valence-electron chi connectivity index (χ2n) is 15.6. The summed E-state index contributed by atoms with van der Waals surface area (Å²) >= 11 is 1.85. The zero-order chi connectivity index (χ0) is 39.6. The monoisotopic (exact) mass is 780 g/mol. The van der Waals surface area contributed by atoms with E-state index in [1.807, 2.05) is 11.3 Å². The number of benzene rings is 9. The quantitative estimate of drug-likeness (QED) is 0.168. The molecule has 3 heteroatoms. The van der Waals surface area contributed by atoms with E-state index in [1.54, 1.807) is 0 Å². The van der Waals surface area contributed by atoms with Gasteiger partial charge in [0.05, 0.1) is 16.8 Å². The number of aromatic nitrogens is 2. The van der Waals surface area contributed by atoms with Crippen LogP contribution in [0, 0.1) is 0 Å². The predicted octanol–water partition coefficient (Wildman–Crippen LogP) is 15.0. The Bertz CT molecular complexity index is 3380. The van der Waals surface area contributed by atoms with Crippen LogP contribution in [0.1, 0.15) is 22.3 Å². The molecule has 11 aromatic rings. The average Bonchev–Trinajstić information content (AvgIpc) is 3.85. The van der Waals surface area contributed by atoms with Gasteiger partial charge in [0, 0.05) is 36.9 Å². The lowest BCUT2D eigenvalue weighted by molar-refractivity contribution is 0.768. The zero-order valence-electron chi connectivity index (χ0n) is 32.6. The number of nitrogens with zero attached hydrogens (tertiary/aromatic N) is 2. The minimum atomic E-state index is -0.506. The van der Waals surface area contributed by atoms with Gasteiger partial charge in [-0.05, 0) is 73.5 Å². The van der Waals surface area contributed by atoms with Gasteiger partial charge in [-0.2, -0.15) is 0 Å². The Labute approximate surface area is 352 Å². The average molecular weight is 781 g/mol. The zero-order valence-corrected chi connectivity index (χ0v) is 33.4. The molecule has 12 rings (SSSR count). The van der Waals surface area contributed by atoms with Crippen molar-refractivity contribution in [2.45, 2.75) is 5.41 Å². The summed E-state index contributed by atoms with van der Waals surface area (Å²) in [5, 5.41) is 4.92. The highest BCUT2D eigenvalue weighted by atomic mass is 32.1. The first-order valence-electron chi connectivity index (χ1n) is 20.5. The van der Waals surface area contributed by atoms with Gasteiger partial charge in [-0.1, -0.05) is 200 Å². The Balaban J connectivity index is 1.06. The molecule has 2 heterocycles. The number of hydrogen-bond acceptors (Lipinski definition) is 3. The second-order valence-corrected chi connectivity index (χ2v) is 16.7. The van der Waals surface area contributed by atoms with Crippen LogP contribution in [0.3, 0.4) is 0 Å². The van der Waals surface area contributed by atoms with Crippen LogP contribution in [0.4, 0.5) is 0 Å². The van der Waals surface area contributed by atoms with Crippen LogP contribution in [-0.2, 0) is 5.41 Å². The second kappa shape index (κ2) is 13.8. The third kappa shape index (κ3) is 5.33. The molecular weight excluding hydrogens is 745 g/mol. The van der Waals surface area contributed by atoms with Gasteiger partial charge in [-0.25, -0.2) is 9.97 Å². The summed E-state index contributed by atoms with van der Waals surface area (Å²) < 4.78 is 2.62. The minimum absolute atomic E-state index is 0.506. The minimum Gasteiger partial charge on any atom is -0.228 e. The third-order valence-electron chi connectivity index (χ3n) is 12.4. The third-order valence-corrected chi connectivity index (χ3v) is 13.5. The van der Waals surface area contributed by atoms with Gasteiger partial charge < -0.3 is 0 Å². The molecule has 60 heavy (non-hydrogen) atoms. The van der Waals surface area contributed by atoms with Crippen molar-refractivity contribution in [3.63, 3.8) is 0 Å². The normalized spacial score (nSPS) is 12.8. The van der Waals surface area contributed by atoms with Crippen molar-refractivity contribution in [3.05, 3.63) is 241 Å². The van der Waals surface area contributed by atoms with E-state index >= 15 is 0 Å². The molecular formula is C57H36N2S. The summed E-state index contributed by atoms with van der Waals surface area (Å²) in [6, 6.07) is 79.2. The van der Waals surface area contributed by atoms with Crippen LogP contribution in [0.2, 0.25) is 0 Å². The summed E-state index contributed by atoms with van der Waals surface area (Å²) in [7, 11) is 0. The fourth-order valence-electron chi connectivity index (χ4n) is 9.72. The molecule has 2 nitrogen and oxygen atoms in total. The van der Waals surface area contributed by atoms with E-state index in [9.17, 15) is 0 Å². The Morgan fingerprint density at radius 3 is 1.73 bits per heavy atom. The van der Waals surface area contributed by atoms with Gasteiger partial charge in [-0.15, -0.1) is 11.3 Å². The Kier molecular flexibility index (Phi) is 7.97. The molecule has 0 N–H and O–H groups in total. The molecule has 0 unspecified atom stereocenters. The van der Waals surface area contributed by atoms with E-state index in [0.29, 0.717) is 5.82 Å². The van der Waals surface area contributed by atoms with Crippen LogP contribution in [0.15, 0.2) is 218 Å². The SMILES string of the molecule is c1ccc(C2(c3ccccc3)c3ccccc3-c3c(-c4cc(-c5ccc(-c6ccc7c(c6)sc6ccccc67)cc5)nc(-c5cccc6ccccc56)n4)cccc32)cc1. The fourth-order valence-corrected chi connectivity index (χ4v) is 10.9. The van der Waals surface area contributed by atoms with E-state index < -0.39 is 5.41 Å². The molecule has 0 saturated heterocycles. The van der Waals surface area contributed by atoms with Crippen LogP contribution in [0.5, 0.6) is 0 Å². The largest absolute Gasteiger partial charge is 0.228 e. The molecule has 0 saturated carbocycles. The number of hydrogen-bond donors (Lipinski definition) is 0. The van der Waals surface area contributed by atoms with E-state index in [2.05, 4.69) is 218 Å². The summed E-state index contributed by atoms with van der Waals surface area (Å²) in [6.07, 6.45) is 0.